The fourth-order valence-electron chi connectivity index (χ4n) is 1.81. The highest BCUT2D eigenvalue weighted by atomic mass is 35.5. The molecular weight excluding hydrogens is 230 g/mol. The van der Waals surface area contributed by atoms with Gasteiger partial charge < -0.3 is 14.8 Å². The predicted molar refractivity (Wildman–Crippen MR) is 59.4 cm³/mol. The van der Waals surface area contributed by atoms with Gasteiger partial charge in [-0.1, -0.05) is 13.8 Å². The molecule has 0 aromatic carbocycles. The second-order valence-electron chi connectivity index (χ2n) is 4.70. The van der Waals surface area contributed by atoms with Crippen molar-refractivity contribution >= 4 is 17.5 Å². The number of amides is 1. The standard InChI is InChI=1S/C11H14ClNO3/c1-11(2)7(5-8(11)14)13-10(15)6-3-4-9(12)16-6/h3-4,7-8,14H,5H2,1-2H3,(H,13,15). The Labute approximate surface area is 98.6 Å². The zero-order valence-electron chi connectivity index (χ0n) is 9.16. The van der Waals surface area contributed by atoms with Crippen molar-refractivity contribution in [3.63, 3.8) is 0 Å². The summed E-state index contributed by atoms with van der Waals surface area (Å²) in [6.07, 6.45) is 0.214. The van der Waals surface area contributed by atoms with E-state index in [-0.39, 0.29) is 34.4 Å². The van der Waals surface area contributed by atoms with Crippen molar-refractivity contribution < 1.29 is 14.3 Å². The van der Waals surface area contributed by atoms with E-state index in [9.17, 15) is 9.90 Å². The van der Waals surface area contributed by atoms with Crippen molar-refractivity contribution in [1.29, 1.82) is 0 Å². The minimum absolute atomic E-state index is 0.0288. The largest absolute Gasteiger partial charge is 0.440 e. The monoisotopic (exact) mass is 243 g/mol. The van der Waals surface area contributed by atoms with Crippen molar-refractivity contribution in [3.8, 4) is 0 Å². The van der Waals surface area contributed by atoms with Crippen LogP contribution in [0.3, 0.4) is 0 Å². The van der Waals surface area contributed by atoms with Crippen molar-refractivity contribution in [2.45, 2.75) is 32.4 Å². The summed E-state index contributed by atoms with van der Waals surface area (Å²) in [5.41, 5.74) is -0.286. The molecule has 2 unspecified atom stereocenters. The number of carbonyl (C=O) groups is 1. The molecule has 0 radical (unpaired) electrons. The molecule has 1 aliphatic rings. The van der Waals surface area contributed by atoms with Crippen LogP contribution in [0.15, 0.2) is 16.5 Å². The number of nitrogens with one attached hydrogen (secondary N) is 1. The second-order valence-corrected chi connectivity index (χ2v) is 5.08. The van der Waals surface area contributed by atoms with Gasteiger partial charge in [0, 0.05) is 11.5 Å². The zero-order chi connectivity index (χ0) is 11.9. The Bertz CT molecular complexity index is 413. The second kappa shape index (κ2) is 3.79. The average molecular weight is 244 g/mol. The summed E-state index contributed by atoms with van der Waals surface area (Å²) in [6.45, 7) is 3.84. The normalized spacial score (nSPS) is 27.2. The average Bonchev–Trinajstić information content (AvgIpc) is 2.64. The van der Waals surface area contributed by atoms with Gasteiger partial charge in [0.25, 0.3) is 5.91 Å². The highest BCUT2D eigenvalue weighted by molar-refractivity contribution is 6.29. The van der Waals surface area contributed by atoms with Crippen LogP contribution in [0.25, 0.3) is 0 Å². The van der Waals surface area contributed by atoms with Crippen LogP contribution in [0.5, 0.6) is 0 Å². The Morgan fingerprint density at radius 2 is 2.31 bits per heavy atom. The minimum Gasteiger partial charge on any atom is -0.440 e. The molecule has 2 rings (SSSR count). The number of aliphatic hydroxyl groups excluding tert-OH is 1. The number of carbonyl (C=O) groups excluding carboxylic acids is 1. The number of hydrogen-bond acceptors (Lipinski definition) is 3. The summed E-state index contributed by atoms with van der Waals surface area (Å²) in [6, 6.07) is 3.02. The molecule has 0 saturated heterocycles. The topological polar surface area (TPSA) is 62.5 Å². The highest BCUT2D eigenvalue weighted by Gasteiger charge is 2.48. The summed E-state index contributed by atoms with van der Waals surface area (Å²) in [5, 5.41) is 12.5. The van der Waals surface area contributed by atoms with E-state index < -0.39 is 0 Å². The van der Waals surface area contributed by atoms with Crippen LogP contribution in [-0.2, 0) is 0 Å². The van der Waals surface area contributed by atoms with Gasteiger partial charge in [-0.05, 0) is 30.2 Å². The third kappa shape index (κ3) is 1.83. The van der Waals surface area contributed by atoms with Crippen LogP contribution in [0.2, 0.25) is 5.22 Å². The Kier molecular flexibility index (Phi) is 2.72. The Morgan fingerprint density at radius 3 is 2.75 bits per heavy atom. The summed E-state index contributed by atoms with van der Waals surface area (Å²) in [4.78, 5) is 11.7. The number of furan rings is 1. The molecule has 1 aromatic heterocycles. The van der Waals surface area contributed by atoms with Crippen LogP contribution in [0.4, 0.5) is 0 Å². The van der Waals surface area contributed by atoms with Gasteiger partial charge in [-0.2, -0.15) is 0 Å². The molecule has 1 aliphatic carbocycles. The summed E-state index contributed by atoms with van der Waals surface area (Å²) >= 11 is 5.58. The first-order chi connectivity index (χ1) is 7.41. The fraction of sp³-hybridized carbons (Fsp3) is 0.545. The zero-order valence-corrected chi connectivity index (χ0v) is 9.91. The van der Waals surface area contributed by atoms with E-state index in [2.05, 4.69) is 5.32 Å². The van der Waals surface area contributed by atoms with Crippen LogP contribution >= 0.6 is 11.6 Å². The molecule has 1 saturated carbocycles. The van der Waals surface area contributed by atoms with Crippen molar-refractivity contribution in [3.05, 3.63) is 23.1 Å². The van der Waals surface area contributed by atoms with Gasteiger partial charge in [0.1, 0.15) is 0 Å². The van der Waals surface area contributed by atoms with E-state index in [0.29, 0.717) is 6.42 Å². The maximum atomic E-state index is 11.7. The molecule has 0 bridgehead atoms. The van der Waals surface area contributed by atoms with Crippen LogP contribution < -0.4 is 5.32 Å². The molecule has 1 aromatic rings. The lowest BCUT2D eigenvalue weighted by Gasteiger charge is -2.49. The highest BCUT2D eigenvalue weighted by Crippen LogP contribution is 2.40. The Morgan fingerprint density at radius 1 is 1.62 bits per heavy atom. The number of hydrogen-bond donors (Lipinski definition) is 2. The van der Waals surface area contributed by atoms with Crippen LogP contribution in [0, 0.1) is 5.41 Å². The first-order valence-electron chi connectivity index (χ1n) is 5.15. The van der Waals surface area contributed by atoms with Crippen LogP contribution in [0.1, 0.15) is 30.8 Å². The van der Waals surface area contributed by atoms with E-state index in [0.717, 1.165) is 0 Å². The van der Waals surface area contributed by atoms with Gasteiger partial charge in [0.2, 0.25) is 0 Å². The Balaban J connectivity index is 1.99. The molecule has 4 nitrogen and oxygen atoms in total. The third-order valence-corrected chi connectivity index (χ3v) is 3.52. The maximum Gasteiger partial charge on any atom is 0.287 e. The van der Waals surface area contributed by atoms with Gasteiger partial charge in [-0.15, -0.1) is 0 Å². The van der Waals surface area contributed by atoms with E-state index in [4.69, 9.17) is 16.0 Å². The van der Waals surface area contributed by atoms with E-state index in [1.54, 1.807) is 0 Å². The summed E-state index contributed by atoms with van der Waals surface area (Å²) in [5.74, 6) is -0.0981. The van der Waals surface area contributed by atoms with Gasteiger partial charge in [0.05, 0.1) is 6.10 Å². The SMILES string of the molecule is CC1(C)C(O)CC1NC(=O)c1ccc(Cl)o1. The summed E-state index contributed by atoms with van der Waals surface area (Å²) in [7, 11) is 0. The van der Waals surface area contributed by atoms with E-state index in [1.165, 1.54) is 12.1 Å². The number of halogens is 1. The Hall–Kier alpha value is -1.00. The fourth-order valence-corrected chi connectivity index (χ4v) is 1.96. The maximum absolute atomic E-state index is 11.7. The predicted octanol–water partition coefficient (Wildman–Crippen LogP) is 1.82. The lowest BCUT2D eigenvalue weighted by molar-refractivity contribution is -0.0691. The quantitative estimate of drug-likeness (QED) is 0.833. The first kappa shape index (κ1) is 11.5. The first-order valence-corrected chi connectivity index (χ1v) is 5.53. The van der Waals surface area contributed by atoms with Gasteiger partial charge in [-0.25, -0.2) is 0 Å². The molecule has 16 heavy (non-hydrogen) atoms. The smallest absolute Gasteiger partial charge is 0.287 e. The van der Waals surface area contributed by atoms with Gasteiger partial charge in [0.15, 0.2) is 11.0 Å². The molecule has 1 heterocycles. The lowest BCUT2D eigenvalue weighted by atomic mass is 9.64. The molecule has 2 atom stereocenters. The van der Waals surface area contributed by atoms with Crippen molar-refractivity contribution in [2.75, 3.05) is 0 Å². The minimum atomic E-state index is -0.363. The molecule has 1 amide bonds. The van der Waals surface area contributed by atoms with Gasteiger partial charge in [-0.3, -0.25) is 4.79 Å². The third-order valence-electron chi connectivity index (χ3n) is 3.32. The summed E-state index contributed by atoms with van der Waals surface area (Å²) < 4.78 is 5.00. The number of rotatable bonds is 2. The van der Waals surface area contributed by atoms with Crippen molar-refractivity contribution in [2.24, 2.45) is 5.41 Å². The van der Waals surface area contributed by atoms with Gasteiger partial charge >= 0.3 is 0 Å². The molecule has 1 fully saturated rings. The van der Waals surface area contributed by atoms with E-state index >= 15 is 0 Å². The number of aliphatic hydroxyl groups is 1. The molecule has 2 N–H and O–H groups in total. The van der Waals surface area contributed by atoms with Crippen molar-refractivity contribution in [1.82, 2.24) is 5.32 Å². The molecule has 0 aliphatic heterocycles. The molecule has 0 spiro atoms. The molecule has 88 valence electrons. The molecular formula is C11H14ClNO3. The molecule has 5 heteroatoms. The van der Waals surface area contributed by atoms with Crippen LogP contribution in [-0.4, -0.2) is 23.2 Å². The lowest BCUT2D eigenvalue weighted by Crippen LogP contribution is -2.61. The van der Waals surface area contributed by atoms with E-state index in [1.807, 2.05) is 13.8 Å².